The van der Waals surface area contributed by atoms with Crippen LogP contribution < -0.4 is 4.90 Å². The van der Waals surface area contributed by atoms with E-state index >= 15 is 0 Å². The maximum atomic E-state index is 13.0. The number of piperazine rings is 1. The fraction of sp³-hybridized carbons (Fsp3) is 0.478. The molecule has 1 aromatic heterocycles. The molecule has 1 amide bonds. The SMILES string of the molecule is CC1CCCN(c2ccc(C(=O)N3CCN(Cc4ccncc4)CC3)cc2[N+](=O)[O-])C1. The molecule has 2 fully saturated rings. The van der Waals surface area contributed by atoms with Crippen molar-refractivity contribution in [2.45, 2.75) is 26.3 Å². The van der Waals surface area contributed by atoms with Crippen LogP contribution in [0.1, 0.15) is 35.7 Å². The number of hydrogen-bond acceptors (Lipinski definition) is 6. The lowest BCUT2D eigenvalue weighted by Crippen LogP contribution is -2.48. The van der Waals surface area contributed by atoms with Crippen LogP contribution >= 0.6 is 0 Å². The van der Waals surface area contributed by atoms with E-state index in [4.69, 9.17) is 0 Å². The number of hydrogen-bond donors (Lipinski definition) is 0. The Morgan fingerprint density at radius 1 is 1.13 bits per heavy atom. The number of rotatable bonds is 5. The summed E-state index contributed by atoms with van der Waals surface area (Å²) in [4.78, 5) is 34.7. The predicted octanol–water partition coefficient (Wildman–Crippen LogP) is 3.18. The van der Waals surface area contributed by atoms with Crippen molar-refractivity contribution in [2.75, 3.05) is 44.2 Å². The highest BCUT2D eigenvalue weighted by Gasteiger charge is 2.27. The molecule has 1 aromatic carbocycles. The molecule has 0 bridgehead atoms. The van der Waals surface area contributed by atoms with E-state index in [0.29, 0.717) is 30.3 Å². The number of aromatic nitrogens is 1. The lowest BCUT2D eigenvalue weighted by Gasteiger charge is -2.35. The van der Waals surface area contributed by atoms with Gasteiger partial charge in [-0.2, -0.15) is 0 Å². The standard InChI is InChI=1S/C23H29N5O3/c1-18-3-2-10-27(16-18)21-5-4-20(15-22(21)28(30)31)23(29)26-13-11-25(12-14-26)17-19-6-8-24-9-7-19/h4-9,15,18H,2-3,10-14,16-17H2,1H3. The molecule has 0 saturated carbocycles. The van der Waals surface area contributed by atoms with Crippen molar-refractivity contribution in [1.82, 2.24) is 14.8 Å². The smallest absolute Gasteiger partial charge is 0.293 e. The molecule has 0 N–H and O–H groups in total. The van der Waals surface area contributed by atoms with Gasteiger partial charge in [-0.1, -0.05) is 6.92 Å². The molecule has 1 unspecified atom stereocenters. The average Bonchev–Trinajstić information content (AvgIpc) is 2.79. The average molecular weight is 424 g/mol. The van der Waals surface area contributed by atoms with Gasteiger partial charge < -0.3 is 9.80 Å². The molecule has 0 radical (unpaired) electrons. The summed E-state index contributed by atoms with van der Waals surface area (Å²) in [6.07, 6.45) is 5.75. The molecule has 2 aromatic rings. The van der Waals surface area contributed by atoms with Crippen molar-refractivity contribution in [3.05, 3.63) is 64.0 Å². The largest absolute Gasteiger partial charge is 0.366 e. The van der Waals surface area contributed by atoms with Crippen LogP contribution in [0, 0.1) is 16.0 Å². The van der Waals surface area contributed by atoms with E-state index in [1.807, 2.05) is 12.1 Å². The number of pyridine rings is 1. The number of nitrogens with zero attached hydrogens (tertiary/aromatic N) is 5. The maximum absolute atomic E-state index is 13.0. The van der Waals surface area contributed by atoms with Gasteiger partial charge in [0.1, 0.15) is 5.69 Å². The third-order valence-corrected chi connectivity index (χ3v) is 6.23. The minimum atomic E-state index is -0.363. The molecule has 31 heavy (non-hydrogen) atoms. The van der Waals surface area contributed by atoms with Crippen LogP contribution in [0.3, 0.4) is 0 Å². The van der Waals surface area contributed by atoms with Crippen LogP contribution in [-0.2, 0) is 6.54 Å². The minimum absolute atomic E-state index is 0.0243. The normalized spacial score (nSPS) is 20.0. The Bertz CT molecular complexity index is 928. The van der Waals surface area contributed by atoms with Crippen LogP contribution in [0.2, 0.25) is 0 Å². The van der Waals surface area contributed by atoms with E-state index < -0.39 is 0 Å². The number of amides is 1. The predicted molar refractivity (Wildman–Crippen MR) is 119 cm³/mol. The van der Waals surface area contributed by atoms with E-state index in [1.165, 1.54) is 11.6 Å². The highest BCUT2D eigenvalue weighted by Crippen LogP contribution is 2.32. The van der Waals surface area contributed by atoms with E-state index in [2.05, 4.69) is 21.7 Å². The van der Waals surface area contributed by atoms with E-state index in [1.54, 1.807) is 29.4 Å². The van der Waals surface area contributed by atoms with Gasteiger partial charge in [0.2, 0.25) is 0 Å². The Kier molecular flexibility index (Phi) is 6.46. The molecule has 0 spiro atoms. The van der Waals surface area contributed by atoms with Crippen molar-refractivity contribution in [1.29, 1.82) is 0 Å². The Morgan fingerprint density at radius 2 is 1.87 bits per heavy atom. The lowest BCUT2D eigenvalue weighted by molar-refractivity contribution is -0.384. The molecule has 2 aliphatic heterocycles. The summed E-state index contributed by atoms with van der Waals surface area (Å²) in [5.41, 5.74) is 2.24. The summed E-state index contributed by atoms with van der Waals surface area (Å²) in [6, 6.07) is 8.96. The van der Waals surface area contributed by atoms with E-state index in [0.717, 1.165) is 45.6 Å². The van der Waals surface area contributed by atoms with Gasteiger partial charge in [0.15, 0.2) is 0 Å². The van der Waals surface area contributed by atoms with Gasteiger partial charge in [0.05, 0.1) is 4.92 Å². The second-order valence-corrected chi connectivity index (χ2v) is 8.58. The molecular formula is C23H29N5O3. The number of anilines is 1. The van der Waals surface area contributed by atoms with Crippen molar-refractivity contribution in [3.8, 4) is 0 Å². The molecule has 164 valence electrons. The zero-order valence-electron chi connectivity index (χ0n) is 17.9. The number of carbonyl (C=O) groups excluding carboxylic acids is 1. The van der Waals surface area contributed by atoms with Gasteiger partial charge in [0.25, 0.3) is 11.6 Å². The zero-order chi connectivity index (χ0) is 21.8. The number of nitro benzene ring substituents is 1. The fourth-order valence-electron chi connectivity index (χ4n) is 4.52. The number of piperidine rings is 1. The summed E-state index contributed by atoms with van der Waals surface area (Å²) in [7, 11) is 0. The highest BCUT2D eigenvalue weighted by atomic mass is 16.6. The van der Waals surface area contributed by atoms with Crippen molar-refractivity contribution < 1.29 is 9.72 Å². The van der Waals surface area contributed by atoms with Crippen molar-refractivity contribution >= 4 is 17.3 Å². The molecule has 1 atom stereocenters. The monoisotopic (exact) mass is 423 g/mol. The fourth-order valence-corrected chi connectivity index (χ4v) is 4.52. The van der Waals surface area contributed by atoms with Gasteiger partial charge in [-0.05, 0) is 48.6 Å². The molecule has 8 heteroatoms. The maximum Gasteiger partial charge on any atom is 0.293 e. The Hall–Kier alpha value is -3.00. The highest BCUT2D eigenvalue weighted by molar-refractivity contribution is 5.96. The summed E-state index contributed by atoms with van der Waals surface area (Å²) in [6.45, 7) is 7.42. The van der Waals surface area contributed by atoms with Gasteiger partial charge >= 0.3 is 0 Å². The summed E-state index contributed by atoms with van der Waals surface area (Å²) in [5, 5.41) is 11.8. The molecule has 8 nitrogen and oxygen atoms in total. The van der Waals surface area contributed by atoms with E-state index in [9.17, 15) is 14.9 Å². The second kappa shape index (κ2) is 9.43. The molecular weight excluding hydrogens is 394 g/mol. The molecule has 2 saturated heterocycles. The van der Waals surface area contributed by atoms with Crippen molar-refractivity contribution in [3.63, 3.8) is 0 Å². The quantitative estimate of drug-likeness (QED) is 0.543. The molecule has 3 heterocycles. The van der Waals surface area contributed by atoms with Crippen LogP contribution in [-0.4, -0.2) is 64.9 Å². The first-order valence-electron chi connectivity index (χ1n) is 10.9. The first kappa shape index (κ1) is 21.2. The Balaban J connectivity index is 1.42. The van der Waals surface area contributed by atoms with Crippen LogP contribution in [0.15, 0.2) is 42.7 Å². The molecule has 4 rings (SSSR count). The topological polar surface area (TPSA) is 82.8 Å². The Morgan fingerprint density at radius 3 is 2.55 bits per heavy atom. The van der Waals surface area contributed by atoms with Crippen molar-refractivity contribution in [2.24, 2.45) is 5.92 Å². The van der Waals surface area contributed by atoms with Gasteiger partial charge in [-0.3, -0.25) is 24.8 Å². The summed E-state index contributed by atoms with van der Waals surface area (Å²) < 4.78 is 0. The number of benzene rings is 1. The van der Waals surface area contributed by atoms with Crippen LogP contribution in [0.4, 0.5) is 11.4 Å². The van der Waals surface area contributed by atoms with Gasteiger partial charge in [-0.15, -0.1) is 0 Å². The first-order valence-corrected chi connectivity index (χ1v) is 10.9. The summed E-state index contributed by atoms with van der Waals surface area (Å²) >= 11 is 0. The van der Waals surface area contributed by atoms with Gasteiger partial charge in [0, 0.05) is 69.8 Å². The van der Waals surface area contributed by atoms with E-state index in [-0.39, 0.29) is 16.5 Å². The third kappa shape index (κ3) is 5.02. The number of carbonyl (C=O) groups is 1. The van der Waals surface area contributed by atoms with Gasteiger partial charge in [-0.25, -0.2) is 0 Å². The lowest BCUT2D eigenvalue weighted by atomic mass is 9.99. The molecule has 0 aliphatic carbocycles. The first-order chi connectivity index (χ1) is 15.0. The second-order valence-electron chi connectivity index (χ2n) is 8.58. The third-order valence-electron chi connectivity index (χ3n) is 6.23. The van der Waals surface area contributed by atoms with Crippen LogP contribution in [0.25, 0.3) is 0 Å². The summed E-state index contributed by atoms with van der Waals surface area (Å²) in [5.74, 6) is 0.378. The Labute approximate surface area is 182 Å². The number of nitro groups is 1. The zero-order valence-corrected chi connectivity index (χ0v) is 17.9. The van der Waals surface area contributed by atoms with Crippen LogP contribution in [0.5, 0.6) is 0 Å². The minimum Gasteiger partial charge on any atom is -0.366 e. The molecule has 2 aliphatic rings.